The number of nitrogens with zero attached hydrogens (tertiary/aromatic N) is 2. The van der Waals surface area contributed by atoms with E-state index < -0.39 is 0 Å². The van der Waals surface area contributed by atoms with Gasteiger partial charge in [0.05, 0.1) is 0 Å². The zero-order valence-corrected chi connectivity index (χ0v) is 13.1. The highest BCUT2D eigenvalue weighted by Crippen LogP contribution is 2.25. The molecular weight excluding hydrogens is 256 g/mol. The van der Waals surface area contributed by atoms with Crippen molar-refractivity contribution in [3.05, 3.63) is 29.3 Å². The van der Waals surface area contributed by atoms with Crippen LogP contribution in [0, 0.1) is 6.92 Å². The van der Waals surface area contributed by atoms with Crippen LogP contribution in [-0.2, 0) is 5.88 Å². The number of hydrogen-bond donors (Lipinski definition) is 0. The van der Waals surface area contributed by atoms with Gasteiger partial charge in [0.1, 0.15) is 0 Å². The SMILES string of the molecule is CCC1CN(C)CCCN1c1ccc(CCl)c(C)c1. The van der Waals surface area contributed by atoms with E-state index in [1.165, 1.54) is 36.2 Å². The number of rotatable bonds is 3. The van der Waals surface area contributed by atoms with Crippen LogP contribution in [0.25, 0.3) is 0 Å². The van der Waals surface area contributed by atoms with E-state index in [1.54, 1.807) is 0 Å². The minimum atomic E-state index is 0.603. The third-order valence-corrected chi connectivity index (χ3v) is 4.46. The molecule has 0 bridgehead atoms. The molecule has 1 fully saturated rings. The Bertz CT molecular complexity index is 419. The molecule has 2 nitrogen and oxygen atoms in total. The average molecular weight is 281 g/mol. The average Bonchev–Trinajstić information content (AvgIpc) is 2.60. The zero-order chi connectivity index (χ0) is 13.8. The van der Waals surface area contributed by atoms with Gasteiger partial charge < -0.3 is 9.80 Å². The Morgan fingerprint density at radius 2 is 2.11 bits per heavy atom. The smallest absolute Gasteiger partial charge is 0.0476 e. The Morgan fingerprint density at radius 1 is 1.32 bits per heavy atom. The minimum Gasteiger partial charge on any atom is -0.367 e. The van der Waals surface area contributed by atoms with Crippen LogP contribution in [0.5, 0.6) is 0 Å². The van der Waals surface area contributed by atoms with E-state index in [2.05, 4.69) is 48.9 Å². The largest absolute Gasteiger partial charge is 0.367 e. The molecule has 0 saturated carbocycles. The molecule has 0 aromatic heterocycles. The Morgan fingerprint density at radius 3 is 2.74 bits per heavy atom. The van der Waals surface area contributed by atoms with Crippen LogP contribution in [-0.4, -0.2) is 37.6 Å². The van der Waals surface area contributed by atoms with Gasteiger partial charge in [-0.15, -0.1) is 11.6 Å². The molecule has 1 aromatic carbocycles. The van der Waals surface area contributed by atoms with Crippen LogP contribution in [0.15, 0.2) is 18.2 Å². The summed E-state index contributed by atoms with van der Waals surface area (Å²) in [4.78, 5) is 5.03. The van der Waals surface area contributed by atoms with Crippen LogP contribution >= 0.6 is 11.6 Å². The first kappa shape index (κ1) is 14.7. The normalized spacial score (nSPS) is 21.5. The summed E-state index contributed by atoms with van der Waals surface area (Å²) in [6.07, 6.45) is 2.43. The Balaban J connectivity index is 2.25. The van der Waals surface area contributed by atoms with Crippen molar-refractivity contribution in [2.45, 2.75) is 38.6 Å². The number of alkyl halides is 1. The maximum Gasteiger partial charge on any atom is 0.0476 e. The summed E-state index contributed by atoms with van der Waals surface area (Å²) in [7, 11) is 2.23. The van der Waals surface area contributed by atoms with E-state index >= 15 is 0 Å². The quantitative estimate of drug-likeness (QED) is 0.780. The van der Waals surface area contributed by atoms with E-state index in [1.807, 2.05) is 0 Å². The van der Waals surface area contributed by atoms with Crippen molar-refractivity contribution >= 4 is 17.3 Å². The summed E-state index contributed by atoms with van der Waals surface area (Å²) < 4.78 is 0. The molecule has 0 radical (unpaired) electrons. The van der Waals surface area contributed by atoms with Crippen LogP contribution in [0.4, 0.5) is 5.69 Å². The number of anilines is 1. The number of aryl methyl sites for hydroxylation is 1. The van der Waals surface area contributed by atoms with E-state index in [0.717, 1.165) is 13.1 Å². The van der Waals surface area contributed by atoms with Crippen LogP contribution in [0.1, 0.15) is 30.9 Å². The summed E-state index contributed by atoms with van der Waals surface area (Å²) in [5.41, 5.74) is 3.90. The second kappa shape index (κ2) is 6.62. The van der Waals surface area contributed by atoms with E-state index in [9.17, 15) is 0 Å². The molecule has 19 heavy (non-hydrogen) atoms. The van der Waals surface area contributed by atoms with Gasteiger partial charge in [0.2, 0.25) is 0 Å². The standard InChI is InChI=1S/C16H25ClN2/c1-4-15-12-18(3)8-5-9-19(15)16-7-6-14(11-17)13(2)10-16/h6-7,10,15H,4-5,8-9,11-12H2,1-3H3. The maximum absolute atomic E-state index is 5.95. The highest BCUT2D eigenvalue weighted by atomic mass is 35.5. The summed E-state index contributed by atoms with van der Waals surface area (Å²) in [5, 5.41) is 0. The lowest BCUT2D eigenvalue weighted by atomic mass is 10.1. The van der Waals surface area contributed by atoms with Gasteiger partial charge in [-0.3, -0.25) is 0 Å². The Kier molecular flexibility index (Phi) is 5.12. The molecular formula is C16H25ClN2. The fraction of sp³-hybridized carbons (Fsp3) is 0.625. The number of benzene rings is 1. The number of likely N-dealkylation sites (N-methyl/N-ethyl adjacent to an activating group) is 1. The van der Waals surface area contributed by atoms with Gasteiger partial charge in [0.25, 0.3) is 0 Å². The third-order valence-electron chi connectivity index (χ3n) is 4.18. The van der Waals surface area contributed by atoms with Crippen molar-refractivity contribution in [3.8, 4) is 0 Å². The molecule has 0 aliphatic carbocycles. The van der Waals surface area contributed by atoms with Crippen molar-refractivity contribution in [1.82, 2.24) is 4.90 Å². The van der Waals surface area contributed by atoms with E-state index in [-0.39, 0.29) is 0 Å². The number of hydrogen-bond acceptors (Lipinski definition) is 2. The van der Waals surface area contributed by atoms with Crippen molar-refractivity contribution in [2.24, 2.45) is 0 Å². The molecule has 3 heteroatoms. The molecule has 1 aliphatic heterocycles. The molecule has 1 saturated heterocycles. The lowest BCUT2D eigenvalue weighted by Crippen LogP contribution is -2.39. The van der Waals surface area contributed by atoms with Gasteiger partial charge in [-0.05, 0) is 56.6 Å². The van der Waals surface area contributed by atoms with Gasteiger partial charge in [-0.2, -0.15) is 0 Å². The predicted molar refractivity (Wildman–Crippen MR) is 84.3 cm³/mol. The highest BCUT2D eigenvalue weighted by molar-refractivity contribution is 6.17. The van der Waals surface area contributed by atoms with Crippen molar-refractivity contribution in [3.63, 3.8) is 0 Å². The van der Waals surface area contributed by atoms with Crippen LogP contribution < -0.4 is 4.90 Å². The highest BCUT2D eigenvalue weighted by Gasteiger charge is 2.22. The fourth-order valence-corrected chi connectivity index (χ4v) is 3.24. The summed E-state index contributed by atoms with van der Waals surface area (Å²) in [6.45, 7) is 7.96. The summed E-state index contributed by atoms with van der Waals surface area (Å²) in [6, 6.07) is 7.33. The van der Waals surface area contributed by atoms with Gasteiger partial charge in [0, 0.05) is 30.7 Å². The van der Waals surface area contributed by atoms with Gasteiger partial charge >= 0.3 is 0 Å². The molecule has 0 spiro atoms. The lowest BCUT2D eigenvalue weighted by Gasteiger charge is -2.32. The Labute approximate surface area is 122 Å². The first-order chi connectivity index (χ1) is 9.15. The molecule has 0 amide bonds. The second-order valence-corrected chi connectivity index (χ2v) is 5.88. The lowest BCUT2D eigenvalue weighted by molar-refractivity contribution is 0.328. The molecule has 1 aliphatic rings. The van der Waals surface area contributed by atoms with Crippen LogP contribution in [0.2, 0.25) is 0 Å². The first-order valence-electron chi connectivity index (χ1n) is 7.26. The monoisotopic (exact) mass is 280 g/mol. The molecule has 0 N–H and O–H groups in total. The second-order valence-electron chi connectivity index (χ2n) is 5.62. The molecule has 2 rings (SSSR count). The fourth-order valence-electron chi connectivity index (χ4n) is 2.94. The Hall–Kier alpha value is -0.730. The van der Waals surface area contributed by atoms with E-state index in [4.69, 9.17) is 11.6 Å². The predicted octanol–water partition coefficient (Wildman–Crippen LogP) is 3.65. The molecule has 1 heterocycles. The molecule has 1 atom stereocenters. The zero-order valence-electron chi connectivity index (χ0n) is 12.3. The first-order valence-corrected chi connectivity index (χ1v) is 7.79. The maximum atomic E-state index is 5.95. The molecule has 1 aromatic rings. The van der Waals surface area contributed by atoms with Crippen LogP contribution in [0.3, 0.4) is 0 Å². The van der Waals surface area contributed by atoms with Crippen molar-refractivity contribution in [2.75, 3.05) is 31.6 Å². The molecule has 106 valence electrons. The number of halogens is 1. The van der Waals surface area contributed by atoms with Gasteiger partial charge in [-0.1, -0.05) is 13.0 Å². The van der Waals surface area contributed by atoms with E-state index in [0.29, 0.717) is 11.9 Å². The topological polar surface area (TPSA) is 6.48 Å². The van der Waals surface area contributed by atoms with Crippen molar-refractivity contribution in [1.29, 1.82) is 0 Å². The molecule has 1 unspecified atom stereocenters. The van der Waals surface area contributed by atoms with Crippen molar-refractivity contribution < 1.29 is 0 Å². The van der Waals surface area contributed by atoms with Gasteiger partial charge in [0.15, 0.2) is 0 Å². The summed E-state index contributed by atoms with van der Waals surface area (Å²) in [5.74, 6) is 0.603. The third kappa shape index (κ3) is 3.43. The minimum absolute atomic E-state index is 0.603. The van der Waals surface area contributed by atoms with Gasteiger partial charge in [-0.25, -0.2) is 0 Å². The summed E-state index contributed by atoms with van der Waals surface area (Å²) >= 11 is 5.95.